The summed E-state index contributed by atoms with van der Waals surface area (Å²) < 4.78 is 1.68. The van der Waals surface area contributed by atoms with Gasteiger partial charge in [0.25, 0.3) is 11.5 Å². The second-order valence-corrected chi connectivity index (χ2v) is 8.17. The molecule has 6 heteroatoms. The molecule has 1 amide bonds. The number of nitrogens with zero attached hydrogens (tertiary/aromatic N) is 3. The summed E-state index contributed by atoms with van der Waals surface area (Å²) in [6, 6.07) is 13.5. The number of nitrogens with one attached hydrogen (secondary N) is 1. The molecule has 2 aromatic heterocycles. The minimum absolute atomic E-state index is 0.0261. The minimum Gasteiger partial charge on any atom is -0.348 e. The highest BCUT2D eigenvalue weighted by atomic mass is 16.2. The van der Waals surface area contributed by atoms with Crippen molar-refractivity contribution in [2.75, 3.05) is 0 Å². The molecule has 3 aromatic rings. The summed E-state index contributed by atoms with van der Waals surface area (Å²) in [5.41, 5.74) is 1.49. The number of amides is 1. The van der Waals surface area contributed by atoms with E-state index in [1.54, 1.807) is 16.9 Å². The lowest BCUT2D eigenvalue weighted by molar-refractivity contribution is 0.0918. The molecule has 0 radical (unpaired) electrons. The average molecular weight is 388 g/mol. The summed E-state index contributed by atoms with van der Waals surface area (Å²) in [4.78, 5) is 29.4. The molecule has 0 bridgehead atoms. The van der Waals surface area contributed by atoms with Crippen molar-refractivity contribution >= 4 is 16.7 Å². The lowest BCUT2D eigenvalue weighted by Gasteiger charge is -2.29. The molecule has 0 unspecified atom stereocenters. The third kappa shape index (κ3) is 3.67. The van der Waals surface area contributed by atoms with E-state index >= 15 is 0 Å². The molecule has 5 rings (SSSR count). The van der Waals surface area contributed by atoms with Gasteiger partial charge in [-0.05, 0) is 56.0 Å². The SMILES string of the molecule is O=C(NC1CCC(n2nc(C3CC3)ccc2=O)CC1)c1nccc2ccccc12. The van der Waals surface area contributed by atoms with Gasteiger partial charge >= 0.3 is 0 Å². The third-order valence-corrected chi connectivity index (χ3v) is 6.11. The summed E-state index contributed by atoms with van der Waals surface area (Å²) in [7, 11) is 0. The van der Waals surface area contributed by atoms with Gasteiger partial charge in [0, 0.05) is 29.6 Å². The van der Waals surface area contributed by atoms with Crippen LogP contribution in [0.1, 0.15) is 66.7 Å². The molecule has 2 aliphatic rings. The van der Waals surface area contributed by atoms with Crippen molar-refractivity contribution in [3.05, 3.63) is 70.4 Å². The van der Waals surface area contributed by atoms with Gasteiger partial charge in [-0.2, -0.15) is 5.10 Å². The molecule has 0 aliphatic heterocycles. The second kappa shape index (κ2) is 7.43. The Hall–Kier alpha value is -3.02. The molecule has 2 aliphatic carbocycles. The van der Waals surface area contributed by atoms with Crippen LogP contribution in [0, 0.1) is 0 Å². The molecule has 2 saturated carbocycles. The van der Waals surface area contributed by atoms with Crippen molar-refractivity contribution in [1.82, 2.24) is 20.1 Å². The monoisotopic (exact) mass is 388 g/mol. The third-order valence-electron chi connectivity index (χ3n) is 6.11. The number of pyridine rings is 1. The Labute approximate surface area is 169 Å². The van der Waals surface area contributed by atoms with Crippen LogP contribution in [-0.2, 0) is 0 Å². The maximum absolute atomic E-state index is 12.8. The number of hydrogen-bond acceptors (Lipinski definition) is 4. The number of rotatable bonds is 4. The number of fused-ring (bicyclic) bond motifs is 1. The molecule has 0 saturated heterocycles. The highest BCUT2D eigenvalue weighted by molar-refractivity contribution is 6.05. The fraction of sp³-hybridized carbons (Fsp3) is 0.391. The van der Waals surface area contributed by atoms with Crippen molar-refractivity contribution in [3.8, 4) is 0 Å². The van der Waals surface area contributed by atoms with Gasteiger partial charge in [-0.1, -0.05) is 24.3 Å². The molecular formula is C23H24N4O2. The summed E-state index contributed by atoms with van der Waals surface area (Å²) in [5.74, 6) is 0.405. The Morgan fingerprint density at radius 1 is 0.966 bits per heavy atom. The zero-order valence-corrected chi connectivity index (χ0v) is 16.3. The molecule has 1 N–H and O–H groups in total. The second-order valence-electron chi connectivity index (χ2n) is 8.17. The van der Waals surface area contributed by atoms with Crippen LogP contribution in [0.2, 0.25) is 0 Å². The van der Waals surface area contributed by atoms with E-state index in [1.807, 2.05) is 36.4 Å². The van der Waals surface area contributed by atoms with Gasteiger partial charge < -0.3 is 5.32 Å². The molecule has 2 fully saturated rings. The quantitative estimate of drug-likeness (QED) is 0.741. The Morgan fingerprint density at radius 3 is 2.55 bits per heavy atom. The fourth-order valence-corrected chi connectivity index (χ4v) is 4.32. The van der Waals surface area contributed by atoms with Gasteiger partial charge in [0.1, 0.15) is 5.69 Å². The molecule has 6 nitrogen and oxygen atoms in total. The van der Waals surface area contributed by atoms with Crippen molar-refractivity contribution in [3.63, 3.8) is 0 Å². The first-order valence-electron chi connectivity index (χ1n) is 10.4. The van der Waals surface area contributed by atoms with Crippen molar-refractivity contribution in [2.45, 2.75) is 56.5 Å². The number of carbonyl (C=O) groups excluding carboxylic acids is 1. The first kappa shape index (κ1) is 18.0. The molecular weight excluding hydrogens is 364 g/mol. The topological polar surface area (TPSA) is 76.9 Å². The van der Waals surface area contributed by atoms with E-state index in [0.29, 0.717) is 11.6 Å². The van der Waals surface area contributed by atoms with E-state index in [0.717, 1.165) is 42.1 Å². The van der Waals surface area contributed by atoms with Crippen molar-refractivity contribution < 1.29 is 4.79 Å². The van der Waals surface area contributed by atoms with E-state index < -0.39 is 0 Å². The Balaban J connectivity index is 1.26. The first-order valence-corrected chi connectivity index (χ1v) is 10.4. The van der Waals surface area contributed by atoms with E-state index in [9.17, 15) is 9.59 Å². The number of carbonyl (C=O) groups is 1. The van der Waals surface area contributed by atoms with E-state index in [1.165, 1.54) is 12.8 Å². The normalized spacial score (nSPS) is 21.8. The molecule has 0 atom stereocenters. The van der Waals surface area contributed by atoms with Gasteiger partial charge in [-0.15, -0.1) is 0 Å². The largest absolute Gasteiger partial charge is 0.348 e. The van der Waals surface area contributed by atoms with Crippen LogP contribution in [0.5, 0.6) is 0 Å². The van der Waals surface area contributed by atoms with Crippen LogP contribution < -0.4 is 10.9 Å². The van der Waals surface area contributed by atoms with Crippen LogP contribution in [0.4, 0.5) is 0 Å². The molecule has 0 spiro atoms. The first-order chi connectivity index (χ1) is 14.2. The predicted molar refractivity (Wildman–Crippen MR) is 111 cm³/mol. The molecule has 1 aromatic carbocycles. The van der Waals surface area contributed by atoms with E-state index in [-0.39, 0.29) is 23.6 Å². The number of aromatic nitrogens is 3. The minimum atomic E-state index is -0.128. The predicted octanol–water partition coefficient (Wildman–Crippen LogP) is 3.58. The molecule has 29 heavy (non-hydrogen) atoms. The maximum atomic E-state index is 12.8. The zero-order chi connectivity index (χ0) is 19.8. The van der Waals surface area contributed by atoms with E-state index in [2.05, 4.69) is 15.4 Å². The van der Waals surface area contributed by atoms with Crippen LogP contribution in [0.15, 0.2) is 53.5 Å². The Kier molecular flexibility index (Phi) is 4.62. The number of hydrogen-bond donors (Lipinski definition) is 1. The summed E-state index contributed by atoms with van der Waals surface area (Å²) in [5, 5.41) is 9.66. The summed E-state index contributed by atoms with van der Waals surface area (Å²) >= 11 is 0. The summed E-state index contributed by atoms with van der Waals surface area (Å²) in [6.45, 7) is 0. The lowest BCUT2D eigenvalue weighted by atomic mass is 9.91. The molecule has 148 valence electrons. The standard InChI is InChI=1S/C23H24N4O2/c28-21-12-11-20(16-5-6-16)26-27(21)18-9-7-17(8-10-18)25-23(29)22-19-4-2-1-3-15(19)13-14-24-22/h1-4,11-14,16-18H,5-10H2,(H,25,29). The smallest absolute Gasteiger partial charge is 0.270 e. The van der Waals surface area contributed by atoms with Crippen molar-refractivity contribution in [1.29, 1.82) is 0 Å². The van der Waals surface area contributed by atoms with Crippen molar-refractivity contribution in [2.24, 2.45) is 0 Å². The van der Waals surface area contributed by atoms with Gasteiger partial charge in [0.15, 0.2) is 0 Å². The lowest BCUT2D eigenvalue weighted by Crippen LogP contribution is -2.40. The maximum Gasteiger partial charge on any atom is 0.270 e. The van der Waals surface area contributed by atoms with Crippen LogP contribution in [-0.4, -0.2) is 26.7 Å². The average Bonchev–Trinajstić information content (AvgIpc) is 3.60. The van der Waals surface area contributed by atoms with Crippen LogP contribution in [0.25, 0.3) is 10.8 Å². The highest BCUT2D eigenvalue weighted by Crippen LogP contribution is 2.38. The Bertz CT molecular complexity index is 1110. The molecule has 2 heterocycles. The van der Waals surface area contributed by atoms with Crippen LogP contribution >= 0.6 is 0 Å². The van der Waals surface area contributed by atoms with Crippen LogP contribution in [0.3, 0.4) is 0 Å². The van der Waals surface area contributed by atoms with E-state index in [4.69, 9.17) is 0 Å². The zero-order valence-electron chi connectivity index (χ0n) is 16.3. The fourth-order valence-electron chi connectivity index (χ4n) is 4.32. The highest BCUT2D eigenvalue weighted by Gasteiger charge is 2.29. The van der Waals surface area contributed by atoms with Gasteiger partial charge in [0.05, 0.1) is 11.7 Å². The summed E-state index contributed by atoms with van der Waals surface area (Å²) in [6.07, 6.45) is 7.38. The van der Waals surface area contributed by atoms with Gasteiger partial charge in [-0.25, -0.2) is 4.68 Å². The number of benzene rings is 1. The Morgan fingerprint density at radius 2 is 1.76 bits per heavy atom. The van der Waals surface area contributed by atoms with Gasteiger partial charge in [-0.3, -0.25) is 14.6 Å². The van der Waals surface area contributed by atoms with Gasteiger partial charge in [0.2, 0.25) is 0 Å².